The van der Waals surface area contributed by atoms with Gasteiger partial charge in [-0.3, -0.25) is 4.79 Å². The maximum atomic E-state index is 11.9. The van der Waals surface area contributed by atoms with Gasteiger partial charge in [-0.05, 0) is 12.1 Å². The van der Waals surface area contributed by atoms with E-state index in [0.29, 0.717) is 17.6 Å². The lowest BCUT2D eigenvalue weighted by Crippen LogP contribution is -2.17. The molecule has 3 aromatic rings. The van der Waals surface area contributed by atoms with Crippen LogP contribution in [0.3, 0.4) is 0 Å². The first-order valence-corrected chi connectivity index (χ1v) is 6.34. The van der Waals surface area contributed by atoms with Crippen molar-refractivity contribution in [3.63, 3.8) is 0 Å². The number of nitrogens with one attached hydrogen (secondary N) is 1. The van der Waals surface area contributed by atoms with Crippen LogP contribution >= 0.6 is 0 Å². The highest BCUT2D eigenvalue weighted by molar-refractivity contribution is 5.93. The van der Waals surface area contributed by atoms with E-state index in [9.17, 15) is 9.59 Å². The second-order valence-corrected chi connectivity index (χ2v) is 4.42. The molecule has 102 valence electrons. The molecule has 0 bridgehead atoms. The Bertz CT molecular complexity index is 848. The van der Waals surface area contributed by atoms with E-state index in [4.69, 9.17) is 4.74 Å². The lowest BCUT2D eigenvalue weighted by Gasteiger charge is -1.98. The number of ether oxygens (including phenoxy) is 1. The first kappa shape index (κ1) is 12.4. The van der Waals surface area contributed by atoms with Crippen LogP contribution in [0, 0.1) is 0 Å². The van der Waals surface area contributed by atoms with Crippen LogP contribution in [-0.4, -0.2) is 20.6 Å². The Morgan fingerprint density at radius 2 is 2.20 bits per heavy atom. The number of aromatic nitrogens is 3. The number of nitrogens with zero attached hydrogens (tertiary/aromatic N) is 2. The molecule has 0 spiro atoms. The number of carbonyl (C=O) groups is 1. The molecule has 0 unspecified atom stereocenters. The van der Waals surface area contributed by atoms with Crippen molar-refractivity contribution in [3.05, 3.63) is 46.5 Å². The average Bonchev–Trinajstić information content (AvgIpc) is 2.90. The van der Waals surface area contributed by atoms with E-state index in [1.165, 1.54) is 4.52 Å². The minimum atomic E-state index is -0.313. The molecule has 0 aliphatic rings. The van der Waals surface area contributed by atoms with Crippen molar-refractivity contribution >= 4 is 22.4 Å². The van der Waals surface area contributed by atoms with Crippen LogP contribution < -0.4 is 5.69 Å². The summed E-state index contributed by atoms with van der Waals surface area (Å²) in [5, 5.41) is 5.06. The minimum absolute atomic E-state index is 0.0715. The molecular formula is C14H13N3O3. The Morgan fingerprint density at radius 3 is 3.00 bits per heavy atom. The molecule has 2 heterocycles. The number of hydrogen-bond acceptors (Lipinski definition) is 4. The molecular weight excluding hydrogens is 258 g/mol. The van der Waals surface area contributed by atoms with Gasteiger partial charge in [0, 0.05) is 11.8 Å². The summed E-state index contributed by atoms with van der Waals surface area (Å²) in [6.45, 7) is 1.80. The second-order valence-electron chi connectivity index (χ2n) is 4.42. The first-order valence-electron chi connectivity index (χ1n) is 6.34. The van der Waals surface area contributed by atoms with Crippen molar-refractivity contribution in [1.29, 1.82) is 0 Å². The van der Waals surface area contributed by atoms with Crippen molar-refractivity contribution < 1.29 is 9.53 Å². The lowest BCUT2D eigenvalue weighted by atomic mass is 10.2. The number of hydrogen-bond donors (Lipinski definition) is 1. The third kappa shape index (κ3) is 2.05. The van der Waals surface area contributed by atoms with E-state index in [-0.39, 0.29) is 18.3 Å². The minimum Gasteiger partial charge on any atom is -0.459 e. The van der Waals surface area contributed by atoms with Crippen LogP contribution in [0.1, 0.15) is 19.0 Å². The number of rotatable bonds is 3. The predicted molar refractivity (Wildman–Crippen MR) is 73.4 cm³/mol. The molecule has 0 fully saturated rings. The SMILES string of the molecule is CCC(=O)OCc1cc2c3ccccc3[nH]c(=O)n2n1. The summed E-state index contributed by atoms with van der Waals surface area (Å²) >= 11 is 0. The molecule has 3 rings (SSSR count). The van der Waals surface area contributed by atoms with E-state index >= 15 is 0 Å². The van der Waals surface area contributed by atoms with Gasteiger partial charge in [-0.2, -0.15) is 9.61 Å². The third-order valence-electron chi connectivity index (χ3n) is 3.07. The lowest BCUT2D eigenvalue weighted by molar-refractivity contribution is -0.144. The highest BCUT2D eigenvalue weighted by Crippen LogP contribution is 2.17. The van der Waals surface area contributed by atoms with Gasteiger partial charge in [-0.15, -0.1) is 0 Å². The van der Waals surface area contributed by atoms with Crippen molar-refractivity contribution in [3.8, 4) is 0 Å². The highest BCUT2D eigenvalue weighted by Gasteiger charge is 2.10. The molecule has 0 amide bonds. The Hall–Kier alpha value is -2.63. The Labute approximate surface area is 114 Å². The van der Waals surface area contributed by atoms with Crippen LogP contribution in [0.15, 0.2) is 35.1 Å². The zero-order valence-corrected chi connectivity index (χ0v) is 10.9. The monoisotopic (exact) mass is 271 g/mol. The molecule has 0 saturated carbocycles. The molecule has 1 N–H and O–H groups in total. The van der Waals surface area contributed by atoms with Crippen LogP contribution in [0.25, 0.3) is 16.4 Å². The number of benzene rings is 1. The number of carbonyl (C=O) groups excluding carboxylic acids is 1. The predicted octanol–water partition coefficient (Wildman–Crippen LogP) is 1.63. The van der Waals surface area contributed by atoms with Gasteiger partial charge in [0.2, 0.25) is 0 Å². The smallest absolute Gasteiger partial charge is 0.347 e. The number of para-hydroxylation sites is 1. The fourth-order valence-electron chi connectivity index (χ4n) is 2.09. The van der Waals surface area contributed by atoms with Crippen LogP contribution in [0.4, 0.5) is 0 Å². The van der Waals surface area contributed by atoms with Crippen molar-refractivity contribution in [2.45, 2.75) is 20.0 Å². The summed E-state index contributed by atoms with van der Waals surface area (Å²) in [5.41, 5.74) is 1.69. The molecule has 1 aromatic carbocycles. The molecule has 0 atom stereocenters. The molecule has 20 heavy (non-hydrogen) atoms. The molecule has 6 heteroatoms. The number of fused-ring (bicyclic) bond motifs is 3. The van der Waals surface area contributed by atoms with Gasteiger partial charge >= 0.3 is 11.7 Å². The molecule has 0 radical (unpaired) electrons. The van der Waals surface area contributed by atoms with E-state index in [0.717, 1.165) is 10.9 Å². The second kappa shape index (κ2) is 4.80. The standard InChI is InChI=1S/C14H13N3O3/c1-2-13(18)20-8-9-7-12-10-5-3-4-6-11(10)15-14(19)17(12)16-9/h3-7H,2,8H2,1H3,(H,15,19). The maximum absolute atomic E-state index is 11.9. The van der Waals surface area contributed by atoms with E-state index in [1.54, 1.807) is 13.0 Å². The fourth-order valence-corrected chi connectivity index (χ4v) is 2.09. The average molecular weight is 271 g/mol. The van der Waals surface area contributed by atoms with Crippen molar-refractivity contribution in [2.24, 2.45) is 0 Å². The Balaban J connectivity index is 2.10. The van der Waals surface area contributed by atoms with Gasteiger partial charge in [0.15, 0.2) is 0 Å². The van der Waals surface area contributed by atoms with Gasteiger partial charge in [-0.25, -0.2) is 4.79 Å². The topological polar surface area (TPSA) is 76.5 Å². The molecule has 0 aliphatic carbocycles. The van der Waals surface area contributed by atoms with Gasteiger partial charge in [0.25, 0.3) is 0 Å². The van der Waals surface area contributed by atoms with Gasteiger partial charge in [-0.1, -0.05) is 25.1 Å². The van der Waals surface area contributed by atoms with Crippen LogP contribution in [0.2, 0.25) is 0 Å². The summed E-state index contributed by atoms with van der Waals surface area (Å²) in [5.74, 6) is -0.291. The van der Waals surface area contributed by atoms with Gasteiger partial charge in [0.05, 0.1) is 11.0 Å². The third-order valence-corrected chi connectivity index (χ3v) is 3.07. The summed E-state index contributed by atoms with van der Waals surface area (Å²) in [7, 11) is 0. The summed E-state index contributed by atoms with van der Waals surface area (Å²) in [6.07, 6.45) is 0.316. The summed E-state index contributed by atoms with van der Waals surface area (Å²) in [6, 6.07) is 9.25. The van der Waals surface area contributed by atoms with Crippen molar-refractivity contribution in [1.82, 2.24) is 14.6 Å². The van der Waals surface area contributed by atoms with Crippen molar-refractivity contribution in [2.75, 3.05) is 0 Å². The normalized spacial score (nSPS) is 11.1. The Kier molecular flexibility index (Phi) is 2.98. The van der Waals surface area contributed by atoms with Gasteiger partial charge in [0.1, 0.15) is 12.3 Å². The highest BCUT2D eigenvalue weighted by atomic mass is 16.5. The largest absolute Gasteiger partial charge is 0.459 e. The molecule has 0 aliphatic heterocycles. The van der Waals surface area contributed by atoms with Crippen LogP contribution in [0.5, 0.6) is 0 Å². The zero-order valence-electron chi connectivity index (χ0n) is 10.9. The molecule has 6 nitrogen and oxygen atoms in total. The summed E-state index contributed by atoms with van der Waals surface area (Å²) < 4.78 is 6.32. The zero-order chi connectivity index (χ0) is 14.1. The van der Waals surface area contributed by atoms with E-state index in [2.05, 4.69) is 10.1 Å². The Morgan fingerprint density at radius 1 is 1.40 bits per heavy atom. The number of esters is 1. The number of H-pyrrole nitrogens is 1. The molecule has 2 aromatic heterocycles. The molecule has 0 saturated heterocycles. The van der Waals surface area contributed by atoms with E-state index in [1.807, 2.05) is 24.3 Å². The summed E-state index contributed by atoms with van der Waals surface area (Å²) in [4.78, 5) is 25.9. The number of aromatic amines is 1. The fraction of sp³-hybridized carbons (Fsp3) is 0.214. The van der Waals surface area contributed by atoms with E-state index < -0.39 is 0 Å². The quantitative estimate of drug-likeness (QED) is 0.734. The first-order chi connectivity index (χ1) is 9.69. The van der Waals surface area contributed by atoms with Crippen LogP contribution in [-0.2, 0) is 16.1 Å². The van der Waals surface area contributed by atoms with Gasteiger partial charge < -0.3 is 9.72 Å². The maximum Gasteiger partial charge on any atom is 0.347 e.